The van der Waals surface area contributed by atoms with Gasteiger partial charge in [0.1, 0.15) is 11.3 Å². The van der Waals surface area contributed by atoms with Gasteiger partial charge < -0.3 is 20.1 Å². The largest absolute Gasteiger partial charge is 0.352 e. The highest BCUT2D eigenvalue weighted by molar-refractivity contribution is 7.12. The van der Waals surface area contributed by atoms with E-state index in [-0.39, 0.29) is 11.8 Å². The topological polar surface area (TPSA) is 81.3 Å². The molecule has 0 saturated carbocycles. The van der Waals surface area contributed by atoms with Crippen LogP contribution in [-0.2, 0) is 0 Å². The maximum atomic E-state index is 13.0. The molecule has 0 radical (unpaired) electrons. The Balaban J connectivity index is 1.05. The number of likely N-dealkylation sites (tertiary alicyclic amines) is 2. The van der Waals surface area contributed by atoms with Crippen LogP contribution in [0.25, 0.3) is 11.0 Å². The molecule has 8 heteroatoms. The van der Waals surface area contributed by atoms with Crippen molar-refractivity contribution in [2.45, 2.75) is 45.4 Å². The lowest BCUT2D eigenvalue weighted by atomic mass is 9.92. The lowest BCUT2D eigenvalue weighted by Crippen LogP contribution is -2.44. The summed E-state index contributed by atoms with van der Waals surface area (Å²) in [7, 11) is 0. The van der Waals surface area contributed by atoms with Crippen molar-refractivity contribution in [3.63, 3.8) is 0 Å². The maximum Gasteiger partial charge on any atom is 0.263 e. The maximum absolute atomic E-state index is 13.0. The molecule has 2 N–H and O–H groups in total. The summed E-state index contributed by atoms with van der Waals surface area (Å²) in [4.78, 5) is 39.0. The zero-order valence-electron chi connectivity index (χ0n) is 21.3. The molecule has 7 nitrogen and oxygen atoms in total. The van der Waals surface area contributed by atoms with Crippen LogP contribution in [0.3, 0.4) is 0 Å². The van der Waals surface area contributed by atoms with Gasteiger partial charge in [-0.3, -0.25) is 9.59 Å². The first-order valence-electron chi connectivity index (χ1n) is 13.3. The average molecular weight is 508 g/mol. The Morgan fingerprint density at radius 3 is 2.50 bits per heavy atom. The van der Waals surface area contributed by atoms with E-state index in [2.05, 4.69) is 34.0 Å². The van der Waals surface area contributed by atoms with E-state index in [1.54, 1.807) is 0 Å². The summed E-state index contributed by atoms with van der Waals surface area (Å²) in [5.41, 5.74) is 2.33. The minimum Gasteiger partial charge on any atom is -0.352 e. The third-order valence-corrected chi connectivity index (χ3v) is 8.59. The Hall–Kier alpha value is -2.71. The summed E-state index contributed by atoms with van der Waals surface area (Å²) < 4.78 is 0. The van der Waals surface area contributed by atoms with Crippen LogP contribution in [-0.4, -0.2) is 70.9 Å². The van der Waals surface area contributed by atoms with Gasteiger partial charge in [0, 0.05) is 32.1 Å². The summed E-state index contributed by atoms with van der Waals surface area (Å²) in [5, 5.41) is 5.14. The van der Waals surface area contributed by atoms with Crippen LogP contribution in [0.4, 0.5) is 0 Å². The van der Waals surface area contributed by atoms with Gasteiger partial charge in [0.15, 0.2) is 0 Å². The highest BCUT2D eigenvalue weighted by Gasteiger charge is 2.27. The normalized spacial score (nSPS) is 18.2. The van der Waals surface area contributed by atoms with E-state index < -0.39 is 0 Å². The van der Waals surface area contributed by atoms with Gasteiger partial charge in [-0.25, -0.2) is 4.98 Å². The third kappa shape index (κ3) is 5.65. The SMILES string of the molecule is CC(C)c1nc2c(C(=O)NCC3CCN(CC4CCN(C(=O)c5cccs5)CC4)CC3)cccc2[nH]1. The summed E-state index contributed by atoms with van der Waals surface area (Å²) >= 11 is 1.53. The molecular formula is C28H37N5O2S. The van der Waals surface area contributed by atoms with Crippen LogP contribution >= 0.6 is 11.3 Å². The molecule has 4 heterocycles. The standard InChI is InChI=1S/C28H37N5O2S/c1-19(2)26-30-23-6-3-5-22(25(23)31-26)27(34)29-17-20-8-12-32(13-9-20)18-21-10-14-33(15-11-21)28(35)24-7-4-16-36-24/h3-7,16,19-21H,8-15,17-18H2,1-2H3,(H,29,34)(H,30,31). The predicted molar refractivity (Wildman–Crippen MR) is 145 cm³/mol. The molecule has 3 aromatic rings. The zero-order valence-corrected chi connectivity index (χ0v) is 22.2. The highest BCUT2D eigenvalue weighted by atomic mass is 32.1. The van der Waals surface area contributed by atoms with Gasteiger partial charge in [-0.05, 0) is 74.2 Å². The first kappa shape index (κ1) is 25.0. The molecule has 0 aliphatic carbocycles. The Bertz CT molecular complexity index is 1170. The fourth-order valence-corrected chi connectivity index (χ4v) is 6.14. The van der Waals surface area contributed by atoms with Crippen molar-refractivity contribution in [1.82, 2.24) is 25.1 Å². The average Bonchev–Trinajstić information content (AvgIpc) is 3.58. The van der Waals surface area contributed by atoms with E-state index in [0.29, 0.717) is 29.9 Å². The number of hydrogen-bond acceptors (Lipinski definition) is 5. The summed E-state index contributed by atoms with van der Waals surface area (Å²) in [6.07, 6.45) is 4.40. The van der Waals surface area contributed by atoms with Crippen molar-refractivity contribution in [2.75, 3.05) is 39.3 Å². The minimum atomic E-state index is -0.0336. The smallest absolute Gasteiger partial charge is 0.263 e. The number of imidazole rings is 1. The number of thiophene rings is 1. The van der Waals surface area contributed by atoms with E-state index in [0.717, 1.165) is 80.1 Å². The number of fused-ring (bicyclic) bond motifs is 1. The number of nitrogens with zero attached hydrogens (tertiary/aromatic N) is 3. The number of piperidine rings is 2. The van der Waals surface area contributed by atoms with Crippen molar-refractivity contribution in [3.05, 3.63) is 52.0 Å². The summed E-state index contributed by atoms with van der Waals surface area (Å²) in [6.45, 7) is 9.94. The Morgan fingerprint density at radius 1 is 1.06 bits per heavy atom. The molecule has 2 saturated heterocycles. The van der Waals surface area contributed by atoms with Crippen molar-refractivity contribution in [3.8, 4) is 0 Å². The molecule has 2 aromatic heterocycles. The van der Waals surface area contributed by atoms with Gasteiger partial charge in [0.25, 0.3) is 11.8 Å². The van der Waals surface area contributed by atoms with Crippen molar-refractivity contribution in [1.29, 1.82) is 0 Å². The van der Waals surface area contributed by atoms with E-state index in [4.69, 9.17) is 0 Å². The van der Waals surface area contributed by atoms with E-state index in [1.165, 1.54) is 11.3 Å². The van der Waals surface area contributed by atoms with Crippen LogP contribution in [0.15, 0.2) is 35.7 Å². The van der Waals surface area contributed by atoms with Crippen LogP contribution in [0.2, 0.25) is 0 Å². The second-order valence-electron chi connectivity index (χ2n) is 10.6. The van der Waals surface area contributed by atoms with Crippen molar-refractivity contribution < 1.29 is 9.59 Å². The van der Waals surface area contributed by atoms with Crippen molar-refractivity contribution in [2.24, 2.45) is 11.8 Å². The Kier molecular flexibility index (Phi) is 7.72. The number of aromatic amines is 1. The molecular weight excluding hydrogens is 470 g/mol. The third-order valence-electron chi connectivity index (χ3n) is 7.73. The number of nitrogens with one attached hydrogen (secondary N) is 2. The second-order valence-corrected chi connectivity index (χ2v) is 11.6. The Labute approximate surface area is 217 Å². The van der Waals surface area contributed by atoms with Gasteiger partial charge in [0.05, 0.1) is 16.0 Å². The van der Waals surface area contributed by atoms with Gasteiger partial charge in [0.2, 0.25) is 0 Å². The number of hydrogen-bond donors (Lipinski definition) is 2. The summed E-state index contributed by atoms with van der Waals surface area (Å²) in [5.74, 6) is 2.54. The van der Waals surface area contributed by atoms with Crippen molar-refractivity contribution >= 4 is 34.2 Å². The van der Waals surface area contributed by atoms with E-state index in [9.17, 15) is 9.59 Å². The Morgan fingerprint density at radius 2 is 1.81 bits per heavy atom. The first-order valence-corrected chi connectivity index (χ1v) is 14.2. The molecule has 192 valence electrons. The minimum absolute atomic E-state index is 0.0336. The first-order chi connectivity index (χ1) is 17.5. The monoisotopic (exact) mass is 507 g/mol. The van der Waals surface area contributed by atoms with E-state index in [1.807, 2.05) is 40.6 Å². The lowest BCUT2D eigenvalue weighted by Gasteiger charge is -2.37. The molecule has 2 fully saturated rings. The number of benzene rings is 1. The number of amides is 2. The fraction of sp³-hybridized carbons (Fsp3) is 0.536. The molecule has 2 amide bonds. The molecule has 0 unspecified atom stereocenters. The number of aromatic nitrogens is 2. The molecule has 5 rings (SSSR count). The molecule has 1 aromatic carbocycles. The van der Waals surface area contributed by atoms with Gasteiger partial charge in [-0.15, -0.1) is 11.3 Å². The quantitative estimate of drug-likeness (QED) is 0.484. The number of carbonyl (C=O) groups is 2. The van der Waals surface area contributed by atoms with Crippen LogP contribution < -0.4 is 5.32 Å². The lowest BCUT2D eigenvalue weighted by molar-refractivity contribution is 0.0656. The van der Waals surface area contributed by atoms with Crippen LogP contribution in [0.1, 0.15) is 71.3 Å². The van der Waals surface area contributed by atoms with Gasteiger partial charge in [-0.1, -0.05) is 26.0 Å². The highest BCUT2D eigenvalue weighted by Crippen LogP contribution is 2.25. The second kappa shape index (κ2) is 11.1. The number of para-hydroxylation sites is 1. The van der Waals surface area contributed by atoms with E-state index >= 15 is 0 Å². The fourth-order valence-electron chi connectivity index (χ4n) is 5.45. The van der Waals surface area contributed by atoms with Gasteiger partial charge in [-0.2, -0.15) is 0 Å². The molecule has 2 aliphatic rings. The predicted octanol–water partition coefficient (Wildman–Crippen LogP) is 4.74. The molecule has 0 atom stereocenters. The van der Waals surface area contributed by atoms with Crippen LogP contribution in [0, 0.1) is 11.8 Å². The molecule has 2 aliphatic heterocycles. The zero-order chi connectivity index (χ0) is 25.1. The molecule has 0 bridgehead atoms. The number of H-pyrrole nitrogens is 1. The molecule has 0 spiro atoms. The summed E-state index contributed by atoms with van der Waals surface area (Å²) in [6, 6.07) is 9.63. The van der Waals surface area contributed by atoms with Crippen LogP contribution in [0.5, 0.6) is 0 Å². The van der Waals surface area contributed by atoms with Gasteiger partial charge >= 0.3 is 0 Å². The number of rotatable bonds is 7. The molecule has 36 heavy (non-hydrogen) atoms. The number of carbonyl (C=O) groups excluding carboxylic acids is 2.